The van der Waals surface area contributed by atoms with E-state index < -0.39 is 0 Å². The lowest BCUT2D eigenvalue weighted by Crippen LogP contribution is -2.05. The molecule has 0 saturated carbocycles. The molecular formula is C13H19N5. The molecule has 5 nitrogen and oxygen atoms in total. The van der Waals surface area contributed by atoms with Crippen molar-refractivity contribution in [2.45, 2.75) is 33.1 Å². The lowest BCUT2D eigenvalue weighted by Gasteiger charge is -2.05. The van der Waals surface area contributed by atoms with Crippen molar-refractivity contribution < 1.29 is 0 Å². The summed E-state index contributed by atoms with van der Waals surface area (Å²) in [5.74, 6) is 0.908. The summed E-state index contributed by atoms with van der Waals surface area (Å²) in [6.07, 6.45) is 6.54. The van der Waals surface area contributed by atoms with Crippen LogP contribution in [-0.2, 0) is 12.8 Å². The van der Waals surface area contributed by atoms with Gasteiger partial charge in [0.1, 0.15) is 12.1 Å². The molecule has 0 saturated heterocycles. The van der Waals surface area contributed by atoms with Gasteiger partial charge < -0.3 is 5.32 Å². The molecule has 0 aliphatic carbocycles. The summed E-state index contributed by atoms with van der Waals surface area (Å²) in [7, 11) is 0. The number of hydrogen-bond donors (Lipinski definition) is 2. The highest BCUT2D eigenvalue weighted by Gasteiger charge is 2.00. The van der Waals surface area contributed by atoms with Gasteiger partial charge in [0.2, 0.25) is 0 Å². The molecule has 5 heteroatoms. The van der Waals surface area contributed by atoms with Crippen LogP contribution in [0.4, 0.5) is 5.82 Å². The molecule has 2 rings (SSSR count). The molecule has 0 amide bonds. The molecule has 2 heterocycles. The molecule has 18 heavy (non-hydrogen) atoms. The monoisotopic (exact) mass is 245 g/mol. The van der Waals surface area contributed by atoms with Crippen LogP contribution in [0.5, 0.6) is 0 Å². The normalized spacial score (nSPS) is 10.6. The van der Waals surface area contributed by atoms with Crippen LogP contribution >= 0.6 is 0 Å². The number of aromatic nitrogens is 4. The molecule has 0 unspecified atom stereocenters. The van der Waals surface area contributed by atoms with Crippen molar-refractivity contribution in [1.82, 2.24) is 20.2 Å². The molecule has 0 aliphatic rings. The number of H-pyrrole nitrogens is 1. The van der Waals surface area contributed by atoms with Gasteiger partial charge in [-0.25, -0.2) is 9.97 Å². The highest BCUT2D eigenvalue weighted by atomic mass is 15.1. The molecule has 2 aromatic rings. The maximum atomic E-state index is 4.20. The lowest BCUT2D eigenvalue weighted by atomic mass is 10.1. The number of aromatic amines is 1. The lowest BCUT2D eigenvalue weighted by molar-refractivity contribution is 0.850. The molecule has 0 spiro atoms. The Hall–Kier alpha value is -1.91. The third-order valence-corrected chi connectivity index (χ3v) is 2.95. The number of anilines is 1. The van der Waals surface area contributed by atoms with E-state index in [2.05, 4.69) is 32.4 Å². The first-order valence-corrected chi connectivity index (χ1v) is 6.33. The van der Waals surface area contributed by atoms with Crippen LogP contribution in [0.2, 0.25) is 0 Å². The van der Waals surface area contributed by atoms with E-state index >= 15 is 0 Å². The zero-order valence-electron chi connectivity index (χ0n) is 10.9. The van der Waals surface area contributed by atoms with E-state index in [1.54, 1.807) is 6.33 Å². The predicted molar refractivity (Wildman–Crippen MR) is 71.5 cm³/mol. The zero-order valence-corrected chi connectivity index (χ0v) is 10.9. The van der Waals surface area contributed by atoms with E-state index in [9.17, 15) is 0 Å². The summed E-state index contributed by atoms with van der Waals surface area (Å²) in [6.45, 7) is 5.05. The largest absolute Gasteiger partial charge is 0.370 e. The fourth-order valence-corrected chi connectivity index (χ4v) is 1.81. The maximum absolute atomic E-state index is 4.20. The topological polar surface area (TPSA) is 66.5 Å². The molecule has 0 atom stereocenters. The summed E-state index contributed by atoms with van der Waals surface area (Å²) in [4.78, 5) is 8.37. The van der Waals surface area contributed by atoms with Crippen LogP contribution in [0, 0.1) is 6.92 Å². The fourth-order valence-electron chi connectivity index (χ4n) is 1.81. The zero-order chi connectivity index (χ0) is 12.8. The molecule has 0 aliphatic heterocycles. The van der Waals surface area contributed by atoms with Crippen molar-refractivity contribution in [2.75, 3.05) is 11.9 Å². The van der Waals surface area contributed by atoms with Crippen molar-refractivity contribution in [1.29, 1.82) is 0 Å². The van der Waals surface area contributed by atoms with Crippen molar-refractivity contribution in [3.63, 3.8) is 0 Å². The summed E-state index contributed by atoms with van der Waals surface area (Å²) >= 11 is 0. The van der Waals surface area contributed by atoms with Gasteiger partial charge in [0.05, 0.1) is 6.20 Å². The number of nitrogens with one attached hydrogen (secondary N) is 2. The van der Waals surface area contributed by atoms with Crippen molar-refractivity contribution in [3.8, 4) is 0 Å². The van der Waals surface area contributed by atoms with Gasteiger partial charge >= 0.3 is 0 Å². The second-order valence-electron chi connectivity index (χ2n) is 4.30. The number of nitrogens with zero attached hydrogens (tertiary/aromatic N) is 3. The number of hydrogen-bond acceptors (Lipinski definition) is 4. The highest BCUT2D eigenvalue weighted by Crippen LogP contribution is 2.07. The summed E-state index contributed by atoms with van der Waals surface area (Å²) in [5.41, 5.74) is 3.51. The van der Waals surface area contributed by atoms with Gasteiger partial charge in [-0.2, -0.15) is 5.10 Å². The van der Waals surface area contributed by atoms with Crippen molar-refractivity contribution in [3.05, 3.63) is 35.5 Å². The number of aryl methyl sites for hydroxylation is 3. The average Bonchev–Trinajstić information content (AvgIpc) is 2.81. The minimum atomic E-state index is 0.908. The predicted octanol–water partition coefficient (Wildman–Crippen LogP) is 2.12. The molecular weight excluding hydrogens is 226 g/mol. The molecule has 2 N–H and O–H groups in total. The van der Waals surface area contributed by atoms with Gasteiger partial charge in [0, 0.05) is 24.0 Å². The van der Waals surface area contributed by atoms with Crippen molar-refractivity contribution in [2.24, 2.45) is 0 Å². The van der Waals surface area contributed by atoms with Gasteiger partial charge in [-0.1, -0.05) is 6.92 Å². The van der Waals surface area contributed by atoms with Crippen LogP contribution in [0.25, 0.3) is 0 Å². The van der Waals surface area contributed by atoms with E-state index in [0.717, 1.165) is 43.0 Å². The Morgan fingerprint density at radius 2 is 2.22 bits per heavy atom. The first kappa shape index (κ1) is 12.5. The second-order valence-corrected chi connectivity index (χ2v) is 4.30. The Balaban J connectivity index is 1.76. The van der Waals surface area contributed by atoms with Crippen molar-refractivity contribution >= 4 is 5.82 Å². The first-order chi connectivity index (χ1) is 8.79. The van der Waals surface area contributed by atoms with E-state index in [0.29, 0.717) is 0 Å². The molecule has 0 aromatic carbocycles. The van der Waals surface area contributed by atoms with Crippen LogP contribution in [-0.4, -0.2) is 26.7 Å². The Morgan fingerprint density at radius 3 is 2.94 bits per heavy atom. The number of rotatable bonds is 6. The molecule has 0 bridgehead atoms. The van der Waals surface area contributed by atoms with Crippen LogP contribution < -0.4 is 5.32 Å². The smallest absolute Gasteiger partial charge is 0.129 e. The molecule has 96 valence electrons. The van der Waals surface area contributed by atoms with Gasteiger partial charge in [-0.3, -0.25) is 5.10 Å². The van der Waals surface area contributed by atoms with Gasteiger partial charge in [-0.05, 0) is 31.7 Å². The Labute approximate surface area is 107 Å². The standard InChI is InChI=1S/C13H19N5/c1-3-12-7-13(16-9-15-12)14-6-4-5-11-8-17-18-10(11)2/h7-9H,3-6H2,1-2H3,(H,17,18)(H,14,15,16). The second kappa shape index (κ2) is 6.14. The molecule has 2 aromatic heterocycles. The summed E-state index contributed by atoms with van der Waals surface area (Å²) < 4.78 is 0. The van der Waals surface area contributed by atoms with Gasteiger partial charge in [0.15, 0.2) is 0 Å². The van der Waals surface area contributed by atoms with E-state index in [1.165, 1.54) is 5.56 Å². The van der Waals surface area contributed by atoms with E-state index in [4.69, 9.17) is 0 Å². The van der Waals surface area contributed by atoms with E-state index in [-0.39, 0.29) is 0 Å². The fraction of sp³-hybridized carbons (Fsp3) is 0.462. The van der Waals surface area contributed by atoms with Gasteiger partial charge in [0.25, 0.3) is 0 Å². The molecule has 0 fully saturated rings. The third-order valence-electron chi connectivity index (χ3n) is 2.95. The minimum absolute atomic E-state index is 0.908. The quantitative estimate of drug-likeness (QED) is 0.765. The SMILES string of the molecule is CCc1cc(NCCCc2cn[nH]c2C)ncn1. The Kier molecular flexibility index (Phi) is 4.28. The van der Waals surface area contributed by atoms with Gasteiger partial charge in [-0.15, -0.1) is 0 Å². The highest BCUT2D eigenvalue weighted by molar-refractivity contribution is 5.34. The van der Waals surface area contributed by atoms with Crippen LogP contribution in [0.3, 0.4) is 0 Å². The Morgan fingerprint density at radius 1 is 1.33 bits per heavy atom. The first-order valence-electron chi connectivity index (χ1n) is 6.33. The minimum Gasteiger partial charge on any atom is -0.370 e. The third kappa shape index (κ3) is 3.29. The summed E-state index contributed by atoms with van der Waals surface area (Å²) in [6, 6.07) is 2.00. The molecule has 0 radical (unpaired) electrons. The van der Waals surface area contributed by atoms with Crippen LogP contribution in [0.15, 0.2) is 18.6 Å². The summed E-state index contributed by atoms with van der Waals surface area (Å²) in [5, 5.41) is 10.3. The van der Waals surface area contributed by atoms with Crippen LogP contribution in [0.1, 0.15) is 30.3 Å². The maximum Gasteiger partial charge on any atom is 0.129 e. The average molecular weight is 245 g/mol. The van der Waals surface area contributed by atoms with E-state index in [1.807, 2.05) is 19.2 Å². The Bertz CT molecular complexity index is 492.